The highest BCUT2D eigenvalue weighted by Gasteiger charge is 2.23. The number of thiazole rings is 1. The molecule has 0 radical (unpaired) electrons. The highest BCUT2D eigenvalue weighted by Crippen LogP contribution is 2.40. The number of methoxy groups -OCH3 is 3. The molecule has 0 saturated carbocycles. The van der Waals surface area contributed by atoms with Crippen molar-refractivity contribution < 1.29 is 19.0 Å². The molecule has 4 rings (SSSR count). The smallest absolute Gasteiger partial charge is 0.225 e. The average molecular weight is 456 g/mol. The molecule has 3 aromatic rings. The highest BCUT2D eigenvalue weighted by atomic mass is 32.1. The molecule has 1 amide bonds. The molecule has 7 nitrogen and oxygen atoms in total. The van der Waals surface area contributed by atoms with Gasteiger partial charge in [0.15, 0.2) is 11.5 Å². The topological polar surface area (TPSA) is 72.9 Å². The van der Waals surface area contributed by atoms with E-state index in [9.17, 15) is 4.79 Å². The molecule has 0 bridgehead atoms. The van der Waals surface area contributed by atoms with E-state index in [1.54, 1.807) is 33.5 Å². The van der Waals surface area contributed by atoms with E-state index in [2.05, 4.69) is 28.4 Å². The zero-order valence-corrected chi connectivity index (χ0v) is 19.5. The Balaban J connectivity index is 1.28. The van der Waals surface area contributed by atoms with E-state index in [4.69, 9.17) is 19.2 Å². The Hall–Kier alpha value is -2.84. The first-order valence-corrected chi connectivity index (χ1v) is 11.6. The number of carbonyl (C=O) groups excluding carboxylic acids is 1. The lowest BCUT2D eigenvalue weighted by molar-refractivity contribution is -0.116. The van der Waals surface area contributed by atoms with Crippen LogP contribution < -0.4 is 19.5 Å². The van der Waals surface area contributed by atoms with Crippen LogP contribution in [-0.2, 0) is 4.79 Å². The lowest BCUT2D eigenvalue weighted by Gasteiger charge is -2.30. The third kappa shape index (κ3) is 4.97. The maximum Gasteiger partial charge on any atom is 0.225 e. The summed E-state index contributed by atoms with van der Waals surface area (Å²) < 4.78 is 17.3. The maximum atomic E-state index is 12.5. The molecule has 1 saturated heterocycles. The quantitative estimate of drug-likeness (QED) is 0.538. The fourth-order valence-electron chi connectivity index (χ4n) is 4.10. The van der Waals surface area contributed by atoms with Gasteiger partial charge in [0.25, 0.3) is 0 Å². The predicted octanol–water partition coefficient (Wildman–Crippen LogP) is 4.53. The molecule has 0 unspecified atom stereocenters. The second-order valence-electron chi connectivity index (χ2n) is 7.85. The monoisotopic (exact) mass is 455 g/mol. The van der Waals surface area contributed by atoms with Crippen molar-refractivity contribution in [2.75, 3.05) is 46.3 Å². The summed E-state index contributed by atoms with van der Waals surface area (Å²) in [5.74, 6) is 2.01. The lowest BCUT2D eigenvalue weighted by atomic mass is 9.97. The fraction of sp³-hybridized carbons (Fsp3) is 0.417. The number of hydrogen-bond acceptors (Lipinski definition) is 7. The van der Waals surface area contributed by atoms with Crippen molar-refractivity contribution in [2.45, 2.75) is 25.2 Å². The Labute approximate surface area is 192 Å². The number of benzene rings is 2. The Morgan fingerprint density at radius 1 is 1.09 bits per heavy atom. The van der Waals surface area contributed by atoms with Crippen molar-refractivity contribution in [3.63, 3.8) is 0 Å². The summed E-state index contributed by atoms with van der Waals surface area (Å²) >= 11 is 1.81. The minimum absolute atomic E-state index is 0.0347. The number of likely N-dealkylation sites (tertiary alicyclic amines) is 1. The van der Waals surface area contributed by atoms with Gasteiger partial charge in [-0.3, -0.25) is 4.79 Å². The zero-order valence-electron chi connectivity index (χ0n) is 18.7. The lowest BCUT2D eigenvalue weighted by Crippen LogP contribution is -2.35. The largest absolute Gasteiger partial charge is 0.493 e. The number of piperidine rings is 1. The van der Waals surface area contributed by atoms with Gasteiger partial charge >= 0.3 is 0 Å². The summed E-state index contributed by atoms with van der Waals surface area (Å²) in [6.07, 6.45) is 2.59. The summed E-state index contributed by atoms with van der Waals surface area (Å²) in [6.45, 7) is 2.71. The van der Waals surface area contributed by atoms with E-state index in [1.165, 1.54) is 9.71 Å². The number of carbonyl (C=O) groups is 1. The SMILES string of the molecule is COc1cc(NC(=O)CCN2CCC(c3nc4ccccc4s3)CC2)cc(OC)c1OC. The van der Waals surface area contributed by atoms with Crippen molar-refractivity contribution >= 4 is 33.1 Å². The summed E-state index contributed by atoms with van der Waals surface area (Å²) in [4.78, 5) is 19.7. The average Bonchev–Trinajstić information content (AvgIpc) is 3.26. The van der Waals surface area contributed by atoms with Crippen LogP contribution in [0.4, 0.5) is 5.69 Å². The Morgan fingerprint density at radius 2 is 1.78 bits per heavy atom. The van der Waals surface area contributed by atoms with Gasteiger partial charge in [0.2, 0.25) is 11.7 Å². The van der Waals surface area contributed by atoms with Gasteiger partial charge in [-0.15, -0.1) is 11.3 Å². The van der Waals surface area contributed by atoms with E-state index < -0.39 is 0 Å². The number of hydrogen-bond donors (Lipinski definition) is 1. The maximum absolute atomic E-state index is 12.5. The van der Waals surface area contributed by atoms with Crippen molar-refractivity contribution in [3.05, 3.63) is 41.4 Å². The van der Waals surface area contributed by atoms with Crippen molar-refractivity contribution in [1.82, 2.24) is 9.88 Å². The Bertz CT molecular complexity index is 1020. The number of nitrogens with zero attached hydrogens (tertiary/aromatic N) is 2. The van der Waals surface area contributed by atoms with Crippen molar-refractivity contribution in [2.24, 2.45) is 0 Å². The molecule has 1 aromatic heterocycles. The molecule has 0 atom stereocenters. The molecule has 32 heavy (non-hydrogen) atoms. The van der Waals surface area contributed by atoms with Gasteiger partial charge < -0.3 is 24.4 Å². The van der Waals surface area contributed by atoms with Crippen molar-refractivity contribution in [3.8, 4) is 17.2 Å². The van der Waals surface area contributed by atoms with Crippen LogP contribution in [0.15, 0.2) is 36.4 Å². The van der Waals surface area contributed by atoms with Gasteiger partial charge in [-0.1, -0.05) is 12.1 Å². The number of para-hydroxylation sites is 1. The molecule has 1 fully saturated rings. The van der Waals surface area contributed by atoms with Crippen LogP contribution in [-0.4, -0.2) is 56.8 Å². The van der Waals surface area contributed by atoms with Crippen LogP contribution in [0.3, 0.4) is 0 Å². The van der Waals surface area contributed by atoms with Gasteiger partial charge in [-0.05, 0) is 38.1 Å². The van der Waals surface area contributed by atoms with E-state index in [0.29, 0.717) is 35.3 Å². The number of anilines is 1. The van der Waals surface area contributed by atoms with Crippen LogP contribution >= 0.6 is 11.3 Å². The summed E-state index contributed by atoms with van der Waals surface area (Å²) in [7, 11) is 4.67. The first-order valence-electron chi connectivity index (χ1n) is 10.8. The molecule has 1 aliphatic rings. The number of amides is 1. The van der Waals surface area contributed by atoms with Gasteiger partial charge in [0, 0.05) is 36.7 Å². The van der Waals surface area contributed by atoms with Gasteiger partial charge in [0.1, 0.15) is 0 Å². The molecule has 0 spiro atoms. The predicted molar refractivity (Wildman–Crippen MR) is 127 cm³/mol. The van der Waals surface area contributed by atoms with Gasteiger partial charge in [0.05, 0.1) is 36.6 Å². The fourth-order valence-corrected chi connectivity index (χ4v) is 5.24. The molecule has 0 aliphatic carbocycles. The van der Waals surface area contributed by atoms with Crippen LogP contribution in [0.5, 0.6) is 17.2 Å². The number of nitrogens with one attached hydrogen (secondary N) is 1. The molecular weight excluding hydrogens is 426 g/mol. The van der Waals surface area contributed by atoms with E-state index in [1.807, 2.05) is 17.4 Å². The van der Waals surface area contributed by atoms with Crippen LogP contribution in [0, 0.1) is 0 Å². The minimum atomic E-state index is -0.0347. The number of fused-ring (bicyclic) bond motifs is 1. The normalized spacial score (nSPS) is 15.0. The first kappa shape index (κ1) is 22.4. The third-order valence-corrected chi connectivity index (χ3v) is 7.05. The number of ether oxygens (including phenoxy) is 3. The third-order valence-electron chi connectivity index (χ3n) is 5.85. The summed E-state index contributed by atoms with van der Waals surface area (Å²) in [5.41, 5.74) is 1.72. The molecule has 170 valence electrons. The molecule has 1 N–H and O–H groups in total. The molecular formula is C24H29N3O4S. The standard InChI is InChI=1S/C24H29N3O4S/c1-29-19-14-17(15-20(30-2)23(19)31-3)25-22(28)10-13-27-11-8-16(9-12-27)24-26-18-6-4-5-7-21(18)32-24/h4-7,14-16H,8-13H2,1-3H3,(H,25,28). The number of aromatic nitrogens is 1. The second kappa shape index (κ2) is 10.2. The van der Waals surface area contributed by atoms with Gasteiger partial charge in [-0.2, -0.15) is 0 Å². The van der Waals surface area contributed by atoms with E-state index in [0.717, 1.165) is 38.0 Å². The molecule has 2 heterocycles. The van der Waals surface area contributed by atoms with Gasteiger partial charge in [-0.25, -0.2) is 4.98 Å². The summed E-state index contributed by atoms with van der Waals surface area (Å²) in [6, 6.07) is 11.8. The van der Waals surface area contributed by atoms with Crippen LogP contribution in [0.1, 0.15) is 30.2 Å². The minimum Gasteiger partial charge on any atom is -0.493 e. The van der Waals surface area contributed by atoms with E-state index >= 15 is 0 Å². The second-order valence-corrected chi connectivity index (χ2v) is 8.91. The number of rotatable bonds is 8. The molecule has 8 heteroatoms. The van der Waals surface area contributed by atoms with E-state index in [-0.39, 0.29) is 5.91 Å². The first-order chi connectivity index (χ1) is 15.6. The Morgan fingerprint density at radius 3 is 2.41 bits per heavy atom. The van der Waals surface area contributed by atoms with Crippen LogP contribution in [0.25, 0.3) is 10.2 Å². The molecule has 1 aliphatic heterocycles. The highest BCUT2D eigenvalue weighted by molar-refractivity contribution is 7.18. The molecule has 2 aromatic carbocycles. The van der Waals surface area contributed by atoms with Crippen molar-refractivity contribution in [1.29, 1.82) is 0 Å². The zero-order chi connectivity index (χ0) is 22.5. The van der Waals surface area contributed by atoms with Crippen LogP contribution in [0.2, 0.25) is 0 Å². The Kier molecular flexibility index (Phi) is 7.12. The summed E-state index contributed by atoms with van der Waals surface area (Å²) in [5, 5.41) is 4.18.